The highest BCUT2D eigenvalue weighted by molar-refractivity contribution is 5.32. The minimum atomic E-state index is 0.849. The Morgan fingerprint density at radius 2 is 2.00 bits per heavy atom. The molecule has 0 amide bonds. The van der Waals surface area contributed by atoms with Gasteiger partial charge < -0.3 is 4.74 Å². The van der Waals surface area contributed by atoms with Crippen molar-refractivity contribution in [1.29, 1.82) is 0 Å². The first-order valence-corrected chi connectivity index (χ1v) is 5.38. The van der Waals surface area contributed by atoms with Crippen LogP contribution in [0.25, 0.3) is 0 Å². The minimum absolute atomic E-state index is 0.849. The highest BCUT2D eigenvalue weighted by atomic mass is 16.5. The second-order valence-electron chi connectivity index (χ2n) is 3.08. The van der Waals surface area contributed by atoms with Crippen molar-refractivity contribution in [2.75, 3.05) is 6.61 Å². The number of hydrogen-bond acceptors (Lipinski definition) is 1. The van der Waals surface area contributed by atoms with Gasteiger partial charge in [0.1, 0.15) is 5.76 Å². The Kier molecular flexibility index (Phi) is 6.91. The monoisotopic (exact) mass is 194 g/mol. The van der Waals surface area contributed by atoms with Crippen LogP contribution < -0.4 is 0 Å². The summed E-state index contributed by atoms with van der Waals surface area (Å²) in [4.78, 5) is 0. The van der Waals surface area contributed by atoms with Gasteiger partial charge in [0.2, 0.25) is 0 Å². The van der Waals surface area contributed by atoms with Crippen molar-refractivity contribution in [3.8, 4) is 0 Å². The smallest absolute Gasteiger partial charge is 0.121 e. The molecule has 1 rings (SSSR count). The molecule has 0 aromatic rings. The molecular formula is C13H22O. The van der Waals surface area contributed by atoms with Crippen LogP contribution in [0.1, 0.15) is 41.0 Å². The van der Waals surface area contributed by atoms with Crippen LogP contribution in [0.2, 0.25) is 0 Å². The van der Waals surface area contributed by atoms with Gasteiger partial charge in [-0.05, 0) is 31.9 Å². The van der Waals surface area contributed by atoms with E-state index in [1.54, 1.807) is 0 Å². The lowest BCUT2D eigenvalue weighted by Crippen LogP contribution is -1.86. The average Bonchev–Trinajstić information content (AvgIpc) is 2.64. The van der Waals surface area contributed by atoms with Gasteiger partial charge in [0.15, 0.2) is 0 Å². The van der Waals surface area contributed by atoms with Crippen LogP contribution in [0.15, 0.2) is 35.1 Å². The van der Waals surface area contributed by atoms with Gasteiger partial charge in [0, 0.05) is 6.42 Å². The first-order chi connectivity index (χ1) is 6.75. The third-order valence-electron chi connectivity index (χ3n) is 2.01. The van der Waals surface area contributed by atoms with Crippen molar-refractivity contribution >= 4 is 0 Å². The maximum atomic E-state index is 5.50. The van der Waals surface area contributed by atoms with Crippen LogP contribution in [0.4, 0.5) is 0 Å². The molecule has 1 heteroatoms. The molecular weight excluding hydrogens is 172 g/mol. The second-order valence-corrected chi connectivity index (χ2v) is 3.08. The zero-order valence-corrected chi connectivity index (χ0v) is 10.1. The van der Waals surface area contributed by atoms with E-state index < -0.39 is 0 Å². The van der Waals surface area contributed by atoms with Crippen LogP contribution in [-0.4, -0.2) is 6.61 Å². The first kappa shape index (κ1) is 13.0. The van der Waals surface area contributed by atoms with Crippen molar-refractivity contribution in [1.82, 2.24) is 0 Å². The molecule has 0 bridgehead atoms. The lowest BCUT2D eigenvalue weighted by Gasteiger charge is -2.03. The fourth-order valence-electron chi connectivity index (χ4n) is 1.31. The van der Waals surface area contributed by atoms with Crippen molar-refractivity contribution < 1.29 is 4.74 Å². The Hall–Kier alpha value is -0.980. The summed E-state index contributed by atoms with van der Waals surface area (Å²) in [6.07, 6.45) is 7.23. The topological polar surface area (TPSA) is 9.23 Å². The quantitative estimate of drug-likeness (QED) is 0.598. The lowest BCUT2D eigenvalue weighted by atomic mass is 10.1. The van der Waals surface area contributed by atoms with Crippen LogP contribution in [-0.2, 0) is 4.74 Å². The van der Waals surface area contributed by atoms with Crippen molar-refractivity contribution in [3.05, 3.63) is 35.1 Å². The summed E-state index contributed by atoms with van der Waals surface area (Å²) in [5, 5.41) is 0. The van der Waals surface area contributed by atoms with Crippen LogP contribution in [0, 0.1) is 0 Å². The van der Waals surface area contributed by atoms with Gasteiger partial charge >= 0.3 is 0 Å². The van der Waals surface area contributed by atoms with E-state index in [0.717, 1.165) is 18.8 Å². The summed E-state index contributed by atoms with van der Waals surface area (Å²) in [5.41, 5.74) is 2.59. The average molecular weight is 194 g/mol. The number of rotatable bonds is 2. The van der Waals surface area contributed by atoms with Crippen molar-refractivity contribution in [3.63, 3.8) is 0 Å². The van der Waals surface area contributed by atoms with Gasteiger partial charge in [-0.25, -0.2) is 0 Å². The van der Waals surface area contributed by atoms with Gasteiger partial charge in [-0.1, -0.05) is 32.1 Å². The molecule has 0 radical (unpaired) electrons. The third kappa shape index (κ3) is 3.82. The molecule has 0 fully saturated rings. The summed E-state index contributed by atoms with van der Waals surface area (Å²) in [6, 6.07) is 0. The molecule has 0 spiro atoms. The molecule has 1 aliphatic rings. The largest absolute Gasteiger partial charge is 0.493 e. The molecule has 0 atom stereocenters. The van der Waals surface area contributed by atoms with Crippen molar-refractivity contribution in [2.24, 2.45) is 0 Å². The summed E-state index contributed by atoms with van der Waals surface area (Å²) in [7, 11) is 0. The molecule has 1 heterocycles. The predicted molar refractivity (Wildman–Crippen MR) is 63.2 cm³/mol. The van der Waals surface area contributed by atoms with Crippen LogP contribution in [0.3, 0.4) is 0 Å². The fourth-order valence-corrected chi connectivity index (χ4v) is 1.31. The zero-order chi connectivity index (χ0) is 11.0. The highest BCUT2D eigenvalue weighted by Crippen LogP contribution is 2.24. The Morgan fingerprint density at radius 1 is 1.36 bits per heavy atom. The third-order valence-corrected chi connectivity index (χ3v) is 2.01. The van der Waals surface area contributed by atoms with Gasteiger partial charge in [-0.3, -0.25) is 0 Å². The normalized spacial score (nSPS) is 16.8. The summed E-state index contributed by atoms with van der Waals surface area (Å²) in [5.74, 6) is 1.09. The van der Waals surface area contributed by atoms with E-state index in [4.69, 9.17) is 4.74 Å². The second kappa shape index (κ2) is 7.43. The van der Waals surface area contributed by atoms with E-state index in [-0.39, 0.29) is 0 Å². The molecule has 1 aliphatic heterocycles. The summed E-state index contributed by atoms with van der Waals surface area (Å²) < 4.78 is 5.50. The van der Waals surface area contributed by atoms with Gasteiger partial charge in [0.25, 0.3) is 0 Å². The van der Waals surface area contributed by atoms with E-state index in [9.17, 15) is 0 Å². The van der Waals surface area contributed by atoms with Gasteiger partial charge in [-0.2, -0.15) is 0 Å². The molecule has 0 saturated carbocycles. The van der Waals surface area contributed by atoms with E-state index in [1.807, 2.05) is 32.9 Å². The fraction of sp³-hybridized carbons (Fsp3) is 0.538. The Balaban J connectivity index is 0.000000791. The van der Waals surface area contributed by atoms with Crippen LogP contribution >= 0.6 is 0 Å². The Labute approximate surface area is 88.2 Å². The predicted octanol–water partition coefficient (Wildman–Crippen LogP) is 4.23. The molecule has 0 aliphatic carbocycles. The number of hydrogen-bond donors (Lipinski definition) is 0. The first-order valence-electron chi connectivity index (χ1n) is 5.38. The summed E-state index contributed by atoms with van der Waals surface area (Å²) in [6.45, 7) is 11.1. The van der Waals surface area contributed by atoms with Crippen LogP contribution in [0.5, 0.6) is 0 Å². The molecule has 0 N–H and O–H groups in total. The van der Waals surface area contributed by atoms with E-state index in [1.165, 1.54) is 11.1 Å². The van der Waals surface area contributed by atoms with E-state index >= 15 is 0 Å². The maximum absolute atomic E-state index is 5.50. The molecule has 0 unspecified atom stereocenters. The number of ether oxygens (including phenoxy) is 1. The highest BCUT2D eigenvalue weighted by Gasteiger charge is 2.12. The number of allylic oxidation sites excluding steroid dienone is 4. The Morgan fingerprint density at radius 3 is 2.43 bits per heavy atom. The lowest BCUT2D eigenvalue weighted by molar-refractivity contribution is 0.252. The van der Waals surface area contributed by atoms with Gasteiger partial charge in [-0.15, -0.1) is 0 Å². The zero-order valence-electron chi connectivity index (χ0n) is 10.1. The molecule has 1 nitrogen and oxygen atoms in total. The van der Waals surface area contributed by atoms with E-state index in [2.05, 4.69) is 19.9 Å². The van der Waals surface area contributed by atoms with Crippen molar-refractivity contribution in [2.45, 2.75) is 41.0 Å². The molecule has 0 saturated heterocycles. The molecule has 0 aromatic carbocycles. The minimum Gasteiger partial charge on any atom is -0.493 e. The standard InChI is InChI=1S/C11H16O.C2H6/c1-4-5-6-9(2)11-10(3)7-8-12-11;1-2/h4-6H,7-8H2,1-3H3;1-2H3/b5-4-,9-6-;. The van der Waals surface area contributed by atoms with Gasteiger partial charge in [0.05, 0.1) is 6.61 Å². The maximum Gasteiger partial charge on any atom is 0.121 e. The Bertz CT molecular complexity index is 244. The van der Waals surface area contributed by atoms with E-state index in [0.29, 0.717) is 0 Å². The molecule has 0 aromatic heterocycles. The molecule has 14 heavy (non-hydrogen) atoms. The summed E-state index contributed by atoms with van der Waals surface area (Å²) >= 11 is 0. The molecule has 80 valence electrons. The SMILES string of the molecule is C/C=C\C=C(\C)C1=C(C)CCO1.CC.